The van der Waals surface area contributed by atoms with Gasteiger partial charge in [0.15, 0.2) is 0 Å². The van der Waals surface area contributed by atoms with Crippen molar-refractivity contribution >= 4 is 5.97 Å². The third-order valence-corrected chi connectivity index (χ3v) is 2.37. The number of alkyl halides is 3. The number of aliphatic carboxylic acids is 1. The first-order valence-electron chi connectivity index (χ1n) is 5.26. The van der Waals surface area contributed by atoms with Crippen molar-refractivity contribution in [1.82, 2.24) is 5.32 Å². The van der Waals surface area contributed by atoms with Gasteiger partial charge in [-0.25, -0.2) is 0 Å². The van der Waals surface area contributed by atoms with Crippen LogP contribution in [0.1, 0.15) is 39.5 Å². The second kappa shape index (κ2) is 6.08. The summed E-state index contributed by atoms with van der Waals surface area (Å²) in [6, 6.07) is 0. The van der Waals surface area contributed by atoms with Crippen LogP contribution in [0.4, 0.5) is 13.2 Å². The van der Waals surface area contributed by atoms with Crippen molar-refractivity contribution < 1.29 is 23.1 Å². The average molecular weight is 241 g/mol. The maximum absolute atomic E-state index is 11.8. The van der Waals surface area contributed by atoms with Gasteiger partial charge in [0, 0.05) is 6.42 Å². The fourth-order valence-electron chi connectivity index (χ4n) is 1.42. The van der Waals surface area contributed by atoms with E-state index in [4.69, 9.17) is 5.11 Å². The summed E-state index contributed by atoms with van der Waals surface area (Å²) in [6.45, 7) is 3.38. The molecule has 0 bridgehead atoms. The summed E-state index contributed by atoms with van der Waals surface area (Å²) >= 11 is 0. The lowest BCUT2D eigenvalue weighted by atomic mass is 9.96. The maximum atomic E-state index is 11.8. The molecular formula is C10H18F3NO2. The quantitative estimate of drug-likeness (QED) is 0.673. The number of carboxylic acids is 1. The van der Waals surface area contributed by atoms with Crippen molar-refractivity contribution in [2.45, 2.75) is 51.2 Å². The molecule has 1 atom stereocenters. The molecule has 0 aromatic rings. The highest BCUT2D eigenvalue weighted by molar-refractivity contribution is 5.78. The Labute approximate surface area is 93.0 Å². The fourth-order valence-corrected chi connectivity index (χ4v) is 1.42. The molecule has 0 spiro atoms. The highest BCUT2D eigenvalue weighted by Gasteiger charge is 2.32. The Morgan fingerprint density at radius 3 is 2.25 bits per heavy atom. The molecule has 0 heterocycles. The SMILES string of the molecule is CCCC(C)(NCCCC(F)(F)F)C(=O)O. The minimum Gasteiger partial charge on any atom is -0.480 e. The first kappa shape index (κ1) is 15.2. The molecular weight excluding hydrogens is 223 g/mol. The number of carboxylic acid groups (broad SMARTS) is 1. The van der Waals surface area contributed by atoms with Gasteiger partial charge in [-0.2, -0.15) is 13.2 Å². The van der Waals surface area contributed by atoms with E-state index in [0.717, 1.165) is 0 Å². The van der Waals surface area contributed by atoms with Gasteiger partial charge in [-0.3, -0.25) is 4.79 Å². The van der Waals surface area contributed by atoms with Crippen LogP contribution < -0.4 is 5.32 Å². The lowest BCUT2D eigenvalue weighted by Gasteiger charge is -2.26. The van der Waals surface area contributed by atoms with E-state index in [9.17, 15) is 18.0 Å². The molecule has 0 aliphatic carbocycles. The van der Waals surface area contributed by atoms with Crippen LogP contribution >= 0.6 is 0 Å². The van der Waals surface area contributed by atoms with Gasteiger partial charge in [-0.05, 0) is 26.3 Å². The molecule has 3 nitrogen and oxygen atoms in total. The zero-order chi connectivity index (χ0) is 12.8. The summed E-state index contributed by atoms with van der Waals surface area (Å²) < 4.78 is 35.5. The summed E-state index contributed by atoms with van der Waals surface area (Å²) in [5.74, 6) is -1.03. The molecule has 0 saturated carbocycles. The minimum absolute atomic E-state index is 0.0578. The molecule has 0 aliphatic heterocycles. The van der Waals surface area contributed by atoms with Crippen LogP contribution in [0, 0.1) is 0 Å². The monoisotopic (exact) mass is 241 g/mol. The lowest BCUT2D eigenvalue weighted by molar-refractivity contribution is -0.144. The molecule has 0 aliphatic rings. The molecule has 0 saturated heterocycles. The van der Waals surface area contributed by atoms with Crippen molar-refractivity contribution in [3.63, 3.8) is 0 Å². The second-order valence-corrected chi connectivity index (χ2v) is 4.03. The Bertz CT molecular complexity index is 231. The molecule has 16 heavy (non-hydrogen) atoms. The van der Waals surface area contributed by atoms with E-state index in [1.807, 2.05) is 6.92 Å². The third-order valence-electron chi connectivity index (χ3n) is 2.37. The second-order valence-electron chi connectivity index (χ2n) is 4.03. The van der Waals surface area contributed by atoms with Crippen LogP contribution in [0.5, 0.6) is 0 Å². The van der Waals surface area contributed by atoms with Gasteiger partial charge in [0.1, 0.15) is 5.54 Å². The zero-order valence-corrected chi connectivity index (χ0v) is 9.52. The predicted octanol–water partition coefficient (Wildman–Crippen LogP) is 2.56. The van der Waals surface area contributed by atoms with Gasteiger partial charge in [0.25, 0.3) is 0 Å². The lowest BCUT2D eigenvalue weighted by Crippen LogP contribution is -2.49. The van der Waals surface area contributed by atoms with Gasteiger partial charge in [-0.15, -0.1) is 0 Å². The number of nitrogens with one attached hydrogen (secondary N) is 1. The van der Waals surface area contributed by atoms with E-state index in [1.165, 1.54) is 6.92 Å². The standard InChI is InChI=1S/C10H18F3NO2/c1-3-5-9(2,8(15)16)14-7-4-6-10(11,12)13/h14H,3-7H2,1-2H3,(H,15,16). The van der Waals surface area contributed by atoms with Crippen molar-refractivity contribution in [3.8, 4) is 0 Å². The highest BCUT2D eigenvalue weighted by Crippen LogP contribution is 2.21. The van der Waals surface area contributed by atoms with E-state index >= 15 is 0 Å². The van der Waals surface area contributed by atoms with Crippen molar-refractivity contribution in [2.24, 2.45) is 0 Å². The highest BCUT2D eigenvalue weighted by atomic mass is 19.4. The van der Waals surface area contributed by atoms with E-state index in [0.29, 0.717) is 12.8 Å². The Morgan fingerprint density at radius 2 is 1.88 bits per heavy atom. The predicted molar refractivity (Wildman–Crippen MR) is 54.2 cm³/mol. The summed E-state index contributed by atoms with van der Waals surface area (Å²) in [5.41, 5.74) is -1.12. The summed E-state index contributed by atoms with van der Waals surface area (Å²) in [5, 5.41) is 11.6. The van der Waals surface area contributed by atoms with Gasteiger partial charge >= 0.3 is 12.1 Å². The van der Waals surface area contributed by atoms with Crippen LogP contribution in [0.25, 0.3) is 0 Å². The van der Waals surface area contributed by atoms with Crippen molar-refractivity contribution in [2.75, 3.05) is 6.54 Å². The number of carbonyl (C=O) groups is 1. The Kier molecular flexibility index (Phi) is 5.78. The van der Waals surface area contributed by atoms with E-state index in [-0.39, 0.29) is 13.0 Å². The molecule has 0 aromatic heterocycles. The van der Waals surface area contributed by atoms with Crippen molar-refractivity contribution in [1.29, 1.82) is 0 Å². The van der Waals surface area contributed by atoms with Gasteiger partial charge in [0.05, 0.1) is 0 Å². The van der Waals surface area contributed by atoms with E-state index in [1.54, 1.807) is 0 Å². The molecule has 0 amide bonds. The molecule has 0 aromatic carbocycles. The smallest absolute Gasteiger partial charge is 0.389 e. The summed E-state index contributed by atoms with van der Waals surface area (Å²) in [7, 11) is 0. The number of hydrogen-bond acceptors (Lipinski definition) is 2. The average Bonchev–Trinajstić information content (AvgIpc) is 2.11. The first-order chi connectivity index (χ1) is 7.21. The molecule has 2 N–H and O–H groups in total. The van der Waals surface area contributed by atoms with Gasteiger partial charge < -0.3 is 10.4 Å². The van der Waals surface area contributed by atoms with E-state index in [2.05, 4.69) is 5.32 Å². The number of rotatable bonds is 7. The zero-order valence-electron chi connectivity index (χ0n) is 9.52. The molecule has 0 fully saturated rings. The summed E-state index contributed by atoms with van der Waals surface area (Å²) in [6.07, 6.45) is -4.10. The molecule has 0 radical (unpaired) electrons. The summed E-state index contributed by atoms with van der Waals surface area (Å²) in [4.78, 5) is 10.9. The maximum Gasteiger partial charge on any atom is 0.389 e. The number of halogens is 3. The number of hydrogen-bond donors (Lipinski definition) is 2. The van der Waals surface area contributed by atoms with Crippen LogP contribution in [0.3, 0.4) is 0 Å². The van der Waals surface area contributed by atoms with Crippen LogP contribution in [0.2, 0.25) is 0 Å². The van der Waals surface area contributed by atoms with Crippen LogP contribution in [-0.4, -0.2) is 29.3 Å². The molecule has 6 heteroatoms. The van der Waals surface area contributed by atoms with Gasteiger partial charge in [-0.1, -0.05) is 13.3 Å². The molecule has 1 unspecified atom stereocenters. The molecule has 96 valence electrons. The van der Waals surface area contributed by atoms with Crippen LogP contribution in [-0.2, 0) is 4.79 Å². The minimum atomic E-state index is -4.17. The van der Waals surface area contributed by atoms with Crippen LogP contribution in [0.15, 0.2) is 0 Å². The Hall–Kier alpha value is -0.780. The van der Waals surface area contributed by atoms with E-state index < -0.39 is 24.1 Å². The topological polar surface area (TPSA) is 49.3 Å². The largest absolute Gasteiger partial charge is 0.480 e. The Balaban J connectivity index is 4.00. The normalized spacial score (nSPS) is 15.8. The Morgan fingerprint density at radius 1 is 1.31 bits per heavy atom. The first-order valence-corrected chi connectivity index (χ1v) is 5.26. The van der Waals surface area contributed by atoms with Gasteiger partial charge in [0.2, 0.25) is 0 Å². The molecule has 0 rings (SSSR count). The third kappa shape index (κ3) is 5.95. The van der Waals surface area contributed by atoms with Crippen molar-refractivity contribution in [3.05, 3.63) is 0 Å². The fraction of sp³-hybridized carbons (Fsp3) is 0.900.